The van der Waals surface area contributed by atoms with E-state index >= 15 is 0 Å². The molecule has 3 nitrogen and oxygen atoms in total. The Hall–Kier alpha value is -0.950. The molecule has 0 saturated heterocycles. The van der Waals surface area contributed by atoms with Crippen LogP contribution in [0, 0.1) is 11.3 Å². The molecule has 1 aromatic carbocycles. The number of methoxy groups -OCH3 is 1. The molecule has 0 bridgehead atoms. The Labute approximate surface area is 105 Å². The summed E-state index contributed by atoms with van der Waals surface area (Å²) in [4.78, 5) is 0. The van der Waals surface area contributed by atoms with Gasteiger partial charge in [-0.2, -0.15) is 5.26 Å². The molecule has 0 atom stereocenters. The van der Waals surface area contributed by atoms with E-state index in [2.05, 4.69) is 0 Å². The van der Waals surface area contributed by atoms with Gasteiger partial charge in [-0.25, -0.2) is 0 Å². The largest absolute Gasteiger partial charge is 1.00 e. The second kappa shape index (κ2) is 6.50. The summed E-state index contributed by atoms with van der Waals surface area (Å²) < 4.78 is 4.94. The van der Waals surface area contributed by atoms with Crippen LogP contribution in [0.2, 0.25) is 0 Å². The molecule has 1 rings (SSSR count). The van der Waals surface area contributed by atoms with Crippen LogP contribution in [0.4, 0.5) is 0 Å². The Morgan fingerprint density at radius 3 is 2.36 bits per heavy atom. The molecule has 0 heterocycles. The predicted octanol–water partition coefficient (Wildman–Crippen LogP) is -2.08. The second-order valence-corrected chi connectivity index (χ2v) is 2.37. The van der Waals surface area contributed by atoms with Crippen LogP contribution in [-0.4, -0.2) is 7.11 Å². The summed E-state index contributed by atoms with van der Waals surface area (Å²) in [5.41, 5.74) is 0.737. The first-order chi connectivity index (χ1) is 6.31. The molecule has 0 saturated carbocycles. The monoisotopic (exact) mass is 197 g/mol. The number of ether oxygens (including phenoxy) is 1. The molecule has 1 aromatic rings. The molecule has 0 fully saturated rings. The van der Waals surface area contributed by atoms with Gasteiger partial charge >= 0.3 is 29.6 Å². The molecule has 0 N–H and O–H groups in total. The number of allylic oxidation sites excluding steroid dienone is 1. The normalized spacial score (nSPS) is 9.86. The fourth-order valence-electron chi connectivity index (χ4n) is 0.930. The molecule has 0 aliphatic heterocycles. The molecule has 4 heteroatoms. The SMILES string of the molecule is COc1ccc(/C(C#N)=C/[O-])cc1.[Na+]. The molecule has 0 amide bonds. The average Bonchev–Trinajstić information content (AvgIpc) is 2.21. The fraction of sp³-hybridized carbons (Fsp3) is 0.100. The maximum Gasteiger partial charge on any atom is 1.00 e. The van der Waals surface area contributed by atoms with Gasteiger partial charge in [0.05, 0.1) is 13.2 Å². The van der Waals surface area contributed by atoms with Gasteiger partial charge in [-0.3, -0.25) is 0 Å². The van der Waals surface area contributed by atoms with Crippen molar-refractivity contribution in [2.75, 3.05) is 7.11 Å². The molecule has 0 radical (unpaired) electrons. The number of hydrogen-bond acceptors (Lipinski definition) is 3. The van der Waals surface area contributed by atoms with E-state index in [1.807, 2.05) is 6.07 Å². The van der Waals surface area contributed by atoms with Crippen molar-refractivity contribution in [1.82, 2.24) is 0 Å². The van der Waals surface area contributed by atoms with E-state index in [1.165, 1.54) is 0 Å². The van der Waals surface area contributed by atoms with Crippen LogP contribution in [0.15, 0.2) is 30.5 Å². The Bertz CT molecular complexity index is 351. The molecule has 66 valence electrons. The van der Waals surface area contributed by atoms with Crippen molar-refractivity contribution >= 4 is 5.57 Å². The Kier molecular flexibility index (Phi) is 6.06. The maximum atomic E-state index is 10.4. The summed E-state index contributed by atoms with van der Waals surface area (Å²) in [6.45, 7) is 0. The molecule has 0 unspecified atom stereocenters. The van der Waals surface area contributed by atoms with E-state index in [0.717, 1.165) is 0 Å². The zero-order valence-electron chi connectivity index (χ0n) is 8.15. The van der Waals surface area contributed by atoms with Gasteiger partial charge in [-0.15, -0.1) is 6.26 Å². The second-order valence-electron chi connectivity index (χ2n) is 2.37. The van der Waals surface area contributed by atoms with Gasteiger partial charge in [0.25, 0.3) is 0 Å². The molecule has 0 aliphatic carbocycles. The minimum absolute atomic E-state index is 0. The third-order valence-corrected chi connectivity index (χ3v) is 1.64. The van der Waals surface area contributed by atoms with Crippen molar-refractivity contribution in [3.05, 3.63) is 36.1 Å². The first kappa shape index (κ1) is 13.1. The van der Waals surface area contributed by atoms with Crippen LogP contribution in [0.25, 0.3) is 5.57 Å². The number of benzene rings is 1. The van der Waals surface area contributed by atoms with Gasteiger partial charge < -0.3 is 9.84 Å². The predicted molar refractivity (Wildman–Crippen MR) is 46.6 cm³/mol. The Morgan fingerprint density at radius 1 is 1.43 bits per heavy atom. The topological polar surface area (TPSA) is 56.1 Å². The van der Waals surface area contributed by atoms with Crippen LogP contribution in [0.5, 0.6) is 5.75 Å². The Morgan fingerprint density at radius 2 is 2.00 bits per heavy atom. The van der Waals surface area contributed by atoms with Crippen molar-refractivity contribution in [2.45, 2.75) is 0 Å². The number of rotatable bonds is 2. The summed E-state index contributed by atoms with van der Waals surface area (Å²) in [5.74, 6) is 0.701. The van der Waals surface area contributed by atoms with Gasteiger partial charge in [-0.1, -0.05) is 12.1 Å². The van der Waals surface area contributed by atoms with Crippen molar-refractivity contribution in [3.8, 4) is 11.8 Å². The first-order valence-corrected chi connectivity index (χ1v) is 3.68. The van der Waals surface area contributed by atoms with Crippen LogP contribution in [-0.2, 0) is 0 Å². The van der Waals surface area contributed by atoms with E-state index in [9.17, 15) is 5.11 Å². The zero-order chi connectivity index (χ0) is 9.68. The summed E-state index contributed by atoms with van der Waals surface area (Å²) in [5, 5.41) is 19.0. The minimum Gasteiger partial charge on any atom is -0.877 e. The van der Waals surface area contributed by atoms with Gasteiger partial charge in [0, 0.05) is 5.57 Å². The number of nitrogens with zero attached hydrogens (tertiary/aromatic N) is 1. The van der Waals surface area contributed by atoms with Crippen molar-refractivity contribution in [1.29, 1.82) is 5.26 Å². The molecule has 14 heavy (non-hydrogen) atoms. The standard InChI is InChI=1S/C10H9NO2.Na/c1-13-10-4-2-8(3-5-10)9(6-11)7-12;/h2-5,7,12H,1H3;/q;+1/p-1/b9-7+;. The minimum atomic E-state index is 0. The molecule has 0 aromatic heterocycles. The van der Waals surface area contributed by atoms with E-state index in [4.69, 9.17) is 10.00 Å². The van der Waals surface area contributed by atoms with Crippen molar-refractivity contribution < 1.29 is 39.4 Å². The summed E-state index contributed by atoms with van der Waals surface area (Å²) in [6.07, 6.45) is 0.543. The van der Waals surface area contributed by atoms with Gasteiger partial charge in [-0.05, 0) is 17.7 Å². The summed E-state index contributed by atoms with van der Waals surface area (Å²) >= 11 is 0. The maximum absolute atomic E-state index is 10.4. The summed E-state index contributed by atoms with van der Waals surface area (Å²) in [7, 11) is 1.56. The third kappa shape index (κ3) is 3.08. The van der Waals surface area contributed by atoms with Crippen LogP contribution in [0.3, 0.4) is 0 Å². The van der Waals surface area contributed by atoms with Crippen molar-refractivity contribution in [3.63, 3.8) is 0 Å². The van der Waals surface area contributed by atoms with Gasteiger partial charge in [0.15, 0.2) is 0 Å². The van der Waals surface area contributed by atoms with Gasteiger partial charge in [0.1, 0.15) is 5.75 Å². The van der Waals surface area contributed by atoms with E-state index < -0.39 is 0 Å². The van der Waals surface area contributed by atoms with Crippen LogP contribution >= 0.6 is 0 Å². The average molecular weight is 197 g/mol. The zero-order valence-corrected chi connectivity index (χ0v) is 10.2. The Balaban J connectivity index is 0.00000169. The quantitative estimate of drug-likeness (QED) is 0.311. The molecular weight excluding hydrogens is 189 g/mol. The van der Waals surface area contributed by atoms with Crippen LogP contribution < -0.4 is 39.4 Å². The van der Waals surface area contributed by atoms with Crippen molar-refractivity contribution in [2.24, 2.45) is 0 Å². The van der Waals surface area contributed by atoms with Gasteiger partial charge in [0.2, 0.25) is 0 Å². The molecule has 0 spiro atoms. The smallest absolute Gasteiger partial charge is 0.877 e. The molecule has 0 aliphatic rings. The molecular formula is C10H8NNaO2. The number of nitriles is 1. The van der Waals surface area contributed by atoms with E-state index in [0.29, 0.717) is 17.6 Å². The van der Waals surface area contributed by atoms with E-state index in [-0.39, 0.29) is 35.1 Å². The fourth-order valence-corrected chi connectivity index (χ4v) is 0.930. The first-order valence-electron chi connectivity index (χ1n) is 3.68. The third-order valence-electron chi connectivity index (χ3n) is 1.64. The number of hydrogen-bond donors (Lipinski definition) is 0. The summed E-state index contributed by atoms with van der Waals surface area (Å²) in [6, 6.07) is 8.57. The van der Waals surface area contributed by atoms with E-state index in [1.54, 1.807) is 31.4 Å². The van der Waals surface area contributed by atoms with Crippen LogP contribution in [0.1, 0.15) is 5.56 Å².